The molecule has 2 heteroatoms. The molecule has 1 aliphatic rings. The summed E-state index contributed by atoms with van der Waals surface area (Å²) in [5.74, 6) is 0. The highest BCUT2D eigenvalue weighted by molar-refractivity contribution is 5.44. The van der Waals surface area contributed by atoms with E-state index in [2.05, 4.69) is 74.3 Å². The zero-order valence-corrected chi connectivity index (χ0v) is 14.8. The lowest BCUT2D eigenvalue weighted by molar-refractivity contribution is 0.197. The third kappa shape index (κ3) is 3.34. The zero-order chi connectivity index (χ0) is 16.4. The van der Waals surface area contributed by atoms with Gasteiger partial charge in [0.1, 0.15) is 0 Å². The molecular weight excluding hydrogens is 280 g/mol. The fraction of sp³-hybridized carbons (Fsp3) is 0.429. The van der Waals surface area contributed by atoms with E-state index in [-0.39, 0.29) is 0 Å². The predicted octanol–water partition coefficient (Wildman–Crippen LogP) is 3.91. The molecule has 1 aliphatic heterocycles. The van der Waals surface area contributed by atoms with Crippen molar-refractivity contribution in [1.82, 2.24) is 10.2 Å². The molecule has 0 radical (unpaired) electrons. The average Bonchev–Trinajstić information content (AvgIpc) is 2.55. The summed E-state index contributed by atoms with van der Waals surface area (Å²) in [7, 11) is 0. The summed E-state index contributed by atoms with van der Waals surface area (Å²) in [6.07, 6.45) is 0. The molecule has 3 rings (SSSR count). The van der Waals surface area contributed by atoms with Crippen LogP contribution >= 0.6 is 0 Å². The summed E-state index contributed by atoms with van der Waals surface area (Å²) in [4.78, 5) is 2.63. The standard InChI is InChI=1S/C21H28N2/c1-15-7-5-6-8-19(15)21(23-11-9-22-10-12-23)20-14-17(3)16(2)13-18(20)4/h5-8,13-14,21-22H,9-12H2,1-4H3. The number of aryl methyl sites for hydroxylation is 4. The lowest BCUT2D eigenvalue weighted by atomic mass is 9.88. The maximum atomic E-state index is 3.48. The van der Waals surface area contributed by atoms with E-state index in [0.717, 1.165) is 26.2 Å². The van der Waals surface area contributed by atoms with Gasteiger partial charge < -0.3 is 5.32 Å². The van der Waals surface area contributed by atoms with Gasteiger partial charge in [0.25, 0.3) is 0 Å². The van der Waals surface area contributed by atoms with E-state index in [0.29, 0.717) is 6.04 Å². The average molecular weight is 308 g/mol. The molecule has 0 saturated carbocycles. The third-order valence-corrected chi connectivity index (χ3v) is 5.18. The minimum Gasteiger partial charge on any atom is -0.314 e. The van der Waals surface area contributed by atoms with Crippen molar-refractivity contribution < 1.29 is 0 Å². The second-order valence-electron chi connectivity index (χ2n) is 6.84. The molecule has 2 aromatic carbocycles. The smallest absolute Gasteiger partial charge is 0.0607 e. The van der Waals surface area contributed by atoms with E-state index in [1.807, 2.05) is 0 Å². The molecule has 1 saturated heterocycles. The molecule has 1 unspecified atom stereocenters. The van der Waals surface area contributed by atoms with E-state index >= 15 is 0 Å². The van der Waals surface area contributed by atoms with Gasteiger partial charge in [0.2, 0.25) is 0 Å². The van der Waals surface area contributed by atoms with Crippen LogP contribution in [-0.4, -0.2) is 31.1 Å². The Labute approximate surface area is 140 Å². The summed E-state index contributed by atoms with van der Waals surface area (Å²) < 4.78 is 0. The topological polar surface area (TPSA) is 15.3 Å². The molecular formula is C21H28N2. The number of hydrogen-bond acceptors (Lipinski definition) is 2. The number of nitrogens with one attached hydrogen (secondary N) is 1. The Morgan fingerprint density at radius 1 is 0.783 bits per heavy atom. The Hall–Kier alpha value is -1.64. The molecule has 2 aromatic rings. The van der Waals surface area contributed by atoms with Gasteiger partial charge in [-0.1, -0.05) is 36.4 Å². The van der Waals surface area contributed by atoms with Crippen molar-refractivity contribution in [3.8, 4) is 0 Å². The monoisotopic (exact) mass is 308 g/mol. The molecule has 122 valence electrons. The maximum Gasteiger partial charge on any atom is 0.0607 e. The Morgan fingerprint density at radius 2 is 1.43 bits per heavy atom. The van der Waals surface area contributed by atoms with Gasteiger partial charge >= 0.3 is 0 Å². The summed E-state index contributed by atoms with van der Waals surface area (Å²) in [5.41, 5.74) is 8.47. The second-order valence-corrected chi connectivity index (χ2v) is 6.84. The largest absolute Gasteiger partial charge is 0.314 e. The zero-order valence-electron chi connectivity index (χ0n) is 14.8. The normalized spacial score (nSPS) is 17.2. The highest BCUT2D eigenvalue weighted by atomic mass is 15.2. The van der Waals surface area contributed by atoms with Crippen LogP contribution in [0.1, 0.15) is 39.4 Å². The molecule has 1 heterocycles. The SMILES string of the molecule is Cc1cc(C)c(C(c2ccccc2C)N2CCNCC2)cc1C. The van der Waals surface area contributed by atoms with Crippen molar-refractivity contribution in [1.29, 1.82) is 0 Å². The Balaban J connectivity index is 2.12. The first-order valence-electron chi connectivity index (χ1n) is 8.66. The van der Waals surface area contributed by atoms with Crippen LogP contribution < -0.4 is 5.32 Å². The van der Waals surface area contributed by atoms with Gasteiger partial charge in [-0.3, -0.25) is 4.90 Å². The minimum absolute atomic E-state index is 0.359. The molecule has 23 heavy (non-hydrogen) atoms. The number of hydrogen-bond donors (Lipinski definition) is 1. The Kier molecular flexibility index (Phi) is 4.84. The number of benzene rings is 2. The van der Waals surface area contributed by atoms with Gasteiger partial charge in [0.15, 0.2) is 0 Å². The number of nitrogens with zero attached hydrogens (tertiary/aromatic N) is 1. The summed E-state index contributed by atoms with van der Waals surface area (Å²) >= 11 is 0. The molecule has 0 bridgehead atoms. The van der Waals surface area contributed by atoms with Crippen molar-refractivity contribution in [3.05, 3.63) is 69.8 Å². The summed E-state index contributed by atoms with van der Waals surface area (Å²) in [6, 6.07) is 14.0. The predicted molar refractivity (Wildman–Crippen MR) is 98.1 cm³/mol. The molecule has 1 N–H and O–H groups in total. The first-order chi connectivity index (χ1) is 11.1. The van der Waals surface area contributed by atoms with Gasteiger partial charge in [-0.15, -0.1) is 0 Å². The van der Waals surface area contributed by atoms with Gasteiger partial charge in [-0.25, -0.2) is 0 Å². The van der Waals surface area contributed by atoms with Crippen molar-refractivity contribution in [2.24, 2.45) is 0 Å². The summed E-state index contributed by atoms with van der Waals surface area (Å²) in [6.45, 7) is 13.3. The van der Waals surface area contributed by atoms with Crippen LogP contribution in [0, 0.1) is 27.7 Å². The number of rotatable bonds is 3. The lowest BCUT2D eigenvalue weighted by Crippen LogP contribution is -2.45. The van der Waals surface area contributed by atoms with Crippen LogP contribution in [0.3, 0.4) is 0 Å². The van der Waals surface area contributed by atoms with Crippen molar-refractivity contribution >= 4 is 0 Å². The van der Waals surface area contributed by atoms with E-state index in [1.54, 1.807) is 0 Å². The molecule has 0 aromatic heterocycles. The lowest BCUT2D eigenvalue weighted by Gasteiger charge is -2.37. The molecule has 0 spiro atoms. The van der Waals surface area contributed by atoms with E-state index in [1.165, 1.54) is 33.4 Å². The molecule has 1 atom stereocenters. The first-order valence-corrected chi connectivity index (χ1v) is 8.66. The van der Waals surface area contributed by atoms with Gasteiger partial charge in [0.05, 0.1) is 6.04 Å². The molecule has 1 fully saturated rings. The highest BCUT2D eigenvalue weighted by Gasteiger charge is 2.26. The second kappa shape index (κ2) is 6.86. The van der Waals surface area contributed by atoms with Gasteiger partial charge in [0, 0.05) is 26.2 Å². The molecule has 0 amide bonds. The first kappa shape index (κ1) is 16.2. The minimum atomic E-state index is 0.359. The van der Waals surface area contributed by atoms with E-state index < -0.39 is 0 Å². The Morgan fingerprint density at radius 3 is 2.13 bits per heavy atom. The van der Waals surface area contributed by atoms with Crippen LogP contribution in [0.2, 0.25) is 0 Å². The maximum absolute atomic E-state index is 3.48. The fourth-order valence-electron chi connectivity index (χ4n) is 3.67. The fourth-order valence-corrected chi connectivity index (χ4v) is 3.67. The molecule has 2 nitrogen and oxygen atoms in total. The highest BCUT2D eigenvalue weighted by Crippen LogP contribution is 2.34. The van der Waals surface area contributed by atoms with Crippen LogP contribution in [0.5, 0.6) is 0 Å². The van der Waals surface area contributed by atoms with Crippen LogP contribution in [-0.2, 0) is 0 Å². The van der Waals surface area contributed by atoms with Gasteiger partial charge in [-0.2, -0.15) is 0 Å². The van der Waals surface area contributed by atoms with Crippen LogP contribution in [0.15, 0.2) is 36.4 Å². The van der Waals surface area contributed by atoms with Crippen LogP contribution in [0.25, 0.3) is 0 Å². The summed E-state index contributed by atoms with van der Waals surface area (Å²) in [5, 5.41) is 3.48. The van der Waals surface area contributed by atoms with Crippen molar-refractivity contribution in [2.45, 2.75) is 33.7 Å². The van der Waals surface area contributed by atoms with Crippen molar-refractivity contribution in [3.63, 3.8) is 0 Å². The van der Waals surface area contributed by atoms with E-state index in [9.17, 15) is 0 Å². The number of piperazine rings is 1. The molecule has 0 aliphatic carbocycles. The van der Waals surface area contributed by atoms with Gasteiger partial charge in [-0.05, 0) is 61.1 Å². The van der Waals surface area contributed by atoms with E-state index in [4.69, 9.17) is 0 Å². The van der Waals surface area contributed by atoms with Crippen molar-refractivity contribution in [2.75, 3.05) is 26.2 Å². The Bertz CT molecular complexity index is 684. The third-order valence-electron chi connectivity index (χ3n) is 5.18. The van der Waals surface area contributed by atoms with Crippen LogP contribution in [0.4, 0.5) is 0 Å². The quantitative estimate of drug-likeness (QED) is 0.924.